The van der Waals surface area contributed by atoms with Crippen molar-refractivity contribution in [3.8, 4) is 0 Å². The quantitative estimate of drug-likeness (QED) is 0.545. The Labute approximate surface area is 55.8 Å². The van der Waals surface area contributed by atoms with E-state index >= 15 is 0 Å². The smallest absolute Gasteiger partial charge is 0.178 e. The molecule has 0 fully saturated rings. The Bertz CT molecular complexity index is 175. The molecule has 9 heavy (non-hydrogen) atoms. The topological polar surface area (TPSA) is 30.7 Å². The molecule has 3 nitrogen and oxygen atoms in total. The number of aromatic nitrogens is 3. The third-order valence-corrected chi connectivity index (χ3v) is 2.72. The van der Waals surface area contributed by atoms with Crippen LogP contribution >= 0.6 is 0 Å². The molecule has 50 valence electrons. The van der Waals surface area contributed by atoms with Crippen molar-refractivity contribution in [2.45, 2.75) is 19.6 Å². The van der Waals surface area contributed by atoms with Crippen LogP contribution < -0.4 is 0 Å². The van der Waals surface area contributed by atoms with Gasteiger partial charge in [0.1, 0.15) is 0 Å². The highest BCUT2D eigenvalue weighted by Gasteiger charge is 2.15. The first-order chi connectivity index (χ1) is 4.11. The van der Waals surface area contributed by atoms with Crippen molar-refractivity contribution in [3.05, 3.63) is 12.4 Å². The van der Waals surface area contributed by atoms with Gasteiger partial charge >= 0.3 is 0 Å². The van der Waals surface area contributed by atoms with Gasteiger partial charge in [0.25, 0.3) is 0 Å². The molecule has 0 aliphatic heterocycles. The predicted molar refractivity (Wildman–Crippen MR) is 38.8 cm³/mol. The Morgan fingerprint density at radius 3 is 2.22 bits per heavy atom. The summed E-state index contributed by atoms with van der Waals surface area (Å²) in [5.74, 6) is 0. The van der Waals surface area contributed by atoms with E-state index in [0.717, 1.165) is 0 Å². The zero-order valence-corrected chi connectivity index (χ0v) is 7.00. The summed E-state index contributed by atoms with van der Waals surface area (Å²) in [7, 11) is -1.24. The second-order valence-electron chi connectivity index (χ2n) is 3.02. The highest BCUT2D eigenvalue weighted by Crippen LogP contribution is 2.00. The lowest BCUT2D eigenvalue weighted by Crippen LogP contribution is -2.32. The fourth-order valence-electron chi connectivity index (χ4n) is 0.566. The van der Waals surface area contributed by atoms with Crippen molar-refractivity contribution in [2.24, 2.45) is 0 Å². The monoisotopic (exact) mass is 141 g/mol. The van der Waals surface area contributed by atoms with E-state index in [1.165, 1.54) is 0 Å². The maximum Gasteiger partial charge on any atom is 0.178 e. The maximum atomic E-state index is 3.92. The summed E-state index contributed by atoms with van der Waals surface area (Å²) in [5.41, 5.74) is 0. The van der Waals surface area contributed by atoms with Crippen molar-refractivity contribution in [1.29, 1.82) is 0 Å². The van der Waals surface area contributed by atoms with Crippen molar-refractivity contribution in [3.63, 3.8) is 0 Å². The zero-order chi connectivity index (χ0) is 6.91. The molecule has 0 aliphatic carbocycles. The van der Waals surface area contributed by atoms with Crippen LogP contribution in [0.5, 0.6) is 0 Å². The Kier molecular flexibility index (Phi) is 1.40. The lowest BCUT2D eigenvalue weighted by atomic mass is 11.0. The first-order valence-corrected chi connectivity index (χ1v) is 6.42. The van der Waals surface area contributed by atoms with Crippen molar-refractivity contribution in [2.75, 3.05) is 0 Å². The third-order valence-electron chi connectivity index (χ3n) is 1.11. The van der Waals surface area contributed by atoms with Gasteiger partial charge in [-0.05, 0) is 19.6 Å². The van der Waals surface area contributed by atoms with Crippen LogP contribution in [0.15, 0.2) is 12.4 Å². The molecule has 0 atom stereocenters. The standard InChI is InChI=1S/C5H11N3Si/c1-9(2,3)8-5-4-6-7-8/h4-5H,1-3H3. The molecular formula is C5H11N3Si. The molecule has 0 N–H and O–H groups in total. The van der Waals surface area contributed by atoms with Gasteiger partial charge in [-0.2, -0.15) is 0 Å². The summed E-state index contributed by atoms with van der Waals surface area (Å²) < 4.78 is 1.97. The number of nitrogens with zero attached hydrogens (tertiary/aromatic N) is 3. The van der Waals surface area contributed by atoms with Crippen LogP contribution in [0.4, 0.5) is 0 Å². The lowest BCUT2D eigenvalue weighted by molar-refractivity contribution is 0.842. The molecule has 0 radical (unpaired) electrons. The number of hydrogen-bond donors (Lipinski definition) is 0. The van der Waals surface area contributed by atoms with Gasteiger partial charge in [0.2, 0.25) is 0 Å². The molecule has 0 spiro atoms. The first-order valence-electron chi connectivity index (χ1n) is 2.97. The Balaban J connectivity index is 2.90. The minimum atomic E-state index is -1.24. The third kappa shape index (κ3) is 1.38. The van der Waals surface area contributed by atoms with E-state index in [2.05, 4.69) is 30.0 Å². The molecule has 0 saturated carbocycles. The molecular weight excluding hydrogens is 130 g/mol. The molecule has 0 saturated heterocycles. The zero-order valence-electron chi connectivity index (χ0n) is 6.00. The summed E-state index contributed by atoms with van der Waals surface area (Å²) in [4.78, 5) is 0. The molecule has 1 rings (SSSR count). The summed E-state index contributed by atoms with van der Waals surface area (Å²) in [6.45, 7) is 6.67. The molecule has 1 aromatic heterocycles. The van der Waals surface area contributed by atoms with Gasteiger partial charge in [-0.1, -0.05) is 5.21 Å². The van der Waals surface area contributed by atoms with Crippen LogP contribution in [0, 0.1) is 0 Å². The predicted octanol–water partition coefficient (Wildman–Crippen LogP) is 0.961. The second kappa shape index (κ2) is 1.95. The average Bonchev–Trinajstić information content (AvgIpc) is 2.08. The van der Waals surface area contributed by atoms with Gasteiger partial charge in [-0.15, -0.1) is 5.10 Å². The van der Waals surface area contributed by atoms with Crippen molar-refractivity contribution in [1.82, 2.24) is 14.7 Å². The Hall–Kier alpha value is -0.643. The van der Waals surface area contributed by atoms with Crippen LogP contribution in [-0.2, 0) is 0 Å². The van der Waals surface area contributed by atoms with Crippen LogP contribution in [0.25, 0.3) is 0 Å². The largest absolute Gasteiger partial charge is 0.282 e. The van der Waals surface area contributed by atoms with E-state index in [-0.39, 0.29) is 0 Å². The Morgan fingerprint density at radius 1 is 1.33 bits per heavy atom. The molecule has 0 aromatic carbocycles. The van der Waals surface area contributed by atoms with Crippen LogP contribution in [0.3, 0.4) is 0 Å². The van der Waals surface area contributed by atoms with Gasteiger partial charge < -0.3 is 0 Å². The molecule has 1 heterocycles. The van der Waals surface area contributed by atoms with Gasteiger partial charge in [-0.3, -0.25) is 4.35 Å². The molecule has 0 unspecified atom stereocenters. The molecule has 4 heteroatoms. The van der Waals surface area contributed by atoms with E-state index in [4.69, 9.17) is 0 Å². The summed E-state index contributed by atoms with van der Waals surface area (Å²) in [5, 5.41) is 7.65. The first kappa shape index (κ1) is 6.48. The van der Waals surface area contributed by atoms with Crippen LogP contribution in [-0.4, -0.2) is 22.9 Å². The van der Waals surface area contributed by atoms with E-state index in [0.29, 0.717) is 0 Å². The highest BCUT2D eigenvalue weighted by atomic mass is 28.3. The summed E-state index contributed by atoms with van der Waals surface area (Å²) in [6, 6.07) is 0. The van der Waals surface area contributed by atoms with E-state index in [1.807, 2.05) is 10.5 Å². The Morgan fingerprint density at radius 2 is 2.00 bits per heavy atom. The van der Waals surface area contributed by atoms with Gasteiger partial charge in [-0.25, -0.2) is 0 Å². The van der Waals surface area contributed by atoms with E-state index in [9.17, 15) is 0 Å². The number of hydrogen-bond acceptors (Lipinski definition) is 2. The van der Waals surface area contributed by atoms with E-state index < -0.39 is 8.24 Å². The minimum absolute atomic E-state index is 1.24. The second-order valence-corrected chi connectivity index (χ2v) is 7.82. The van der Waals surface area contributed by atoms with E-state index in [1.54, 1.807) is 6.20 Å². The molecule has 0 aliphatic rings. The lowest BCUT2D eigenvalue weighted by Gasteiger charge is -2.13. The van der Waals surface area contributed by atoms with Crippen molar-refractivity contribution >= 4 is 8.24 Å². The average molecular weight is 141 g/mol. The minimum Gasteiger partial charge on any atom is -0.282 e. The van der Waals surface area contributed by atoms with Crippen LogP contribution in [0.2, 0.25) is 19.6 Å². The number of rotatable bonds is 1. The van der Waals surface area contributed by atoms with Gasteiger partial charge in [0, 0.05) is 6.20 Å². The fourth-order valence-corrected chi connectivity index (χ4v) is 1.40. The van der Waals surface area contributed by atoms with Crippen LogP contribution in [0.1, 0.15) is 0 Å². The molecule has 0 amide bonds. The van der Waals surface area contributed by atoms with Gasteiger partial charge in [0.05, 0.1) is 6.20 Å². The molecule has 1 aromatic rings. The van der Waals surface area contributed by atoms with Gasteiger partial charge in [0.15, 0.2) is 8.24 Å². The summed E-state index contributed by atoms with van der Waals surface area (Å²) in [6.07, 6.45) is 3.64. The fraction of sp³-hybridized carbons (Fsp3) is 0.600. The maximum absolute atomic E-state index is 3.92. The normalized spacial score (nSPS) is 11.9. The van der Waals surface area contributed by atoms with Crippen molar-refractivity contribution < 1.29 is 0 Å². The summed E-state index contributed by atoms with van der Waals surface area (Å²) >= 11 is 0. The SMILES string of the molecule is C[Si](C)(C)n1ccnn1. The molecule has 0 bridgehead atoms. The highest BCUT2D eigenvalue weighted by molar-refractivity contribution is 6.74.